The average molecular weight is 455 g/mol. The molecule has 4 nitrogen and oxygen atoms in total. The average Bonchev–Trinajstić information content (AvgIpc) is 2.51. The van der Waals surface area contributed by atoms with Crippen molar-refractivity contribution in [2.45, 2.75) is 0 Å². The van der Waals surface area contributed by atoms with E-state index >= 15 is 0 Å². The van der Waals surface area contributed by atoms with Crippen molar-refractivity contribution < 1.29 is 18.7 Å². The van der Waals surface area contributed by atoms with Crippen LogP contribution < -0.4 is 5.32 Å². The van der Waals surface area contributed by atoms with Gasteiger partial charge in [-0.05, 0) is 30.3 Å². The Morgan fingerprint density at radius 1 is 1.08 bits per heavy atom. The van der Waals surface area contributed by atoms with Gasteiger partial charge in [-0.3, -0.25) is 4.79 Å². The largest absolute Gasteiger partial charge is 0.452 e. The van der Waals surface area contributed by atoms with Crippen LogP contribution in [0.4, 0.5) is 10.1 Å². The van der Waals surface area contributed by atoms with Crippen molar-refractivity contribution in [1.82, 2.24) is 0 Å². The van der Waals surface area contributed by atoms with E-state index in [1.807, 2.05) is 0 Å². The number of ether oxygens (including phenoxy) is 1. The molecular weight excluding hydrogens is 447 g/mol. The molecule has 126 valence electrons. The van der Waals surface area contributed by atoms with Gasteiger partial charge in [0.1, 0.15) is 5.82 Å². The summed E-state index contributed by atoms with van der Waals surface area (Å²) in [5.74, 6) is -2.38. The predicted octanol–water partition coefficient (Wildman–Crippen LogP) is 5.34. The Kier molecular flexibility index (Phi) is 6.46. The first kappa shape index (κ1) is 19.0. The minimum absolute atomic E-state index is 0.0808. The molecule has 0 heterocycles. The maximum absolute atomic E-state index is 13.4. The summed E-state index contributed by atoms with van der Waals surface area (Å²) in [7, 11) is 0. The van der Waals surface area contributed by atoms with E-state index in [9.17, 15) is 14.0 Å². The van der Waals surface area contributed by atoms with Crippen molar-refractivity contribution in [1.29, 1.82) is 0 Å². The van der Waals surface area contributed by atoms with Gasteiger partial charge in [-0.1, -0.05) is 50.7 Å². The van der Waals surface area contributed by atoms with Crippen LogP contribution in [-0.4, -0.2) is 18.5 Å². The highest BCUT2D eigenvalue weighted by atomic mass is 79.9. The number of carbonyl (C=O) groups excluding carboxylic acids is 2. The molecule has 0 aliphatic heterocycles. The molecule has 2 rings (SSSR count). The standard InChI is InChI=1S/C15H8BrCl3FNO3/c16-7-1-2-13(11(19)3-7)21-14(22)6-24-15(23)8-4-12(20)10(18)5-9(8)17/h1-5H,6H2,(H,21,22). The molecule has 24 heavy (non-hydrogen) atoms. The molecule has 0 atom stereocenters. The summed E-state index contributed by atoms with van der Waals surface area (Å²) in [6, 6.07) is 6.79. The van der Waals surface area contributed by atoms with Gasteiger partial charge in [0.25, 0.3) is 5.91 Å². The van der Waals surface area contributed by atoms with Gasteiger partial charge >= 0.3 is 5.97 Å². The Hall–Kier alpha value is -1.34. The van der Waals surface area contributed by atoms with Crippen molar-refractivity contribution >= 4 is 68.3 Å². The zero-order valence-corrected chi connectivity index (χ0v) is 15.6. The second-order valence-corrected chi connectivity index (χ2v) is 6.63. The van der Waals surface area contributed by atoms with Gasteiger partial charge in [-0.25, -0.2) is 9.18 Å². The monoisotopic (exact) mass is 453 g/mol. The molecule has 0 saturated heterocycles. The Morgan fingerprint density at radius 2 is 1.79 bits per heavy atom. The van der Waals surface area contributed by atoms with Gasteiger partial charge in [0.05, 0.1) is 26.3 Å². The Labute approximate surface area is 160 Å². The molecule has 0 aliphatic carbocycles. The lowest BCUT2D eigenvalue weighted by Crippen LogP contribution is -2.21. The van der Waals surface area contributed by atoms with E-state index < -0.39 is 24.3 Å². The normalized spacial score (nSPS) is 10.4. The van der Waals surface area contributed by atoms with Crippen molar-refractivity contribution in [3.63, 3.8) is 0 Å². The fraction of sp³-hybridized carbons (Fsp3) is 0.0667. The second-order valence-electron chi connectivity index (χ2n) is 4.49. The summed E-state index contributed by atoms with van der Waals surface area (Å²) < 4.78 is 18.9. The van der Waals surface area contributed by atoms with E-state index in [4.69, 9.17) is 39.5 Å². The van der Waals surface area contributed by atoms with Gasteiger partial charge < -0.3 is 10.1 Å². The van der Waals surface area contributed by atoms with E-state index in [0.29, 0.717) is 10.7 Å². The zero-order valence-electron chi connectivity index (χ0n) is 11.7. The highest BCUT2D eigenvalue weighted by Crippen LogP contribution is 2.26. The lowest BCUT2D eigenvalue weighted by Gasteiger charge is -2.09. The smallest absolute Gasteiger partial charge is 0.340 e. The molecule has 0 bridgehead atoms. The first-order valence-corrected chi connectivity index (χ1v) is 8.27. The van der Waals surface area contributed by atoms with E-state index in [-0.39, 0.29) is 15.6 Å². The third kappa shape index (κ3) is 4.83. The van der Waals surface area contributed by atoms with Crippen LogP contribution in [-0.2, 0) is 9.53 Å². The van der Waals surface area contributed by atoms with E-state index in [0.717, 1.165) is 16.6 Å². The highest BCUT2D eigenvalue weighted by Gasteiger charge is 2.17. The summed E-state index contributed by atoms with van der Waals surface area (Å²) in [6.45, 7) is -0.591. The van der Waals surface area contributed by atoms with Crippen LogP contribution in [0.5, 0.6) is 0 Å². The molecule has 2 aromatic rings. The first-order valence-electron chi connectivity index (χ1n) is 6.34. The molecule has 0 unspecified atom stereocenters. The molecule has 9 heteroatoms. The molecular formula is C15H8BrCl3FNO3. The summed E-state index contributed by atoms with van der Waals surface area (Å²) in [5, 5.41) is 2.49. The highest BCUT2D eigenvalue weighted by molar-refractivity contribution is 9.10. The van der Waals surface area contributed by atoms with E-state index in [1.165, 1.54) is 0 Å². The van der Waals surface area contributed by atoms with Gasteiger partial charge in [0, 0.05) is 4.47 Å². The molecule has 2 aromatic carbocycles. The quantitative estimate of drug-likeness (QED) is 0.500. The van der Waals surface area contributed by atoms with E-state index in [1.54, 1.807) is 18.2 Å². The summed E-state index contributed by atoms with van der Waals surface area (Å²) in [4.78, 5) is 23.7. The number of rotatable bonds is 4. The van der Waals surface area contributed by atoms with Crippen LogP contribution in [0.2, 0.25) is 15.1 Å². The van der Waals surface area contributed by atoms with Crippen LogP contribution in [0, 0.1) is 5.82 Å². The third-order valence-electron chi connectivity index (χ3n) is 2.77. The Balaban J connectivity index is 1.99. The fourth-order valence-electron chi connectivity index (χ4n) is 1.66. The molecule has 0 aromatic heterocycles. The Bertz CT molecular complexity index is 817. The van der Waals surface area contributed by atoms with E-state index in [2.05, 4.69) is 21.2 Å². The molecule has 0 spiro atoms. The van der Waals surface area contributed by atoms with Gasteiger partial charge in [-0.2, -0.15) is 0 Å². The number of amides is 1. The summed E-state index contributed by atoms with van der Waals surface area (Å²) in [5.41, 5.74) is 0.129. The summed E-state index contributed by atoms with van der Waals surface area (Å²) >= 11 is 20.5. The van der Waals surface area contributed by atoms with Crippen LogP contribution in [0.25, 0.3) is 0 Å². The van der Waals surface area contributed by atoms with Crippen molar-refractivity contribution in [2.75, 3.05) is 11.9 Å². The summed E-state index contributed by atoms with van der Waals surface area (Å²) in [6.07, 6.45) is 0. The number of halogens is 5. The molecule has 0 saturated carbocycles. The third-order valence-corrected chi connectivity index (χ3v) is 4.18. The lowest BCUT2D eigenvalue weighted by atomic mass is 10.2. The maximum Gasteiger partial charge on any atom is 0.340 e. The van der Waals surface area contributed by atoms with Crippen LogP contribution in [0.3, 0.4) is 0 Å². The fourth-order valence-corrected chi connectivity index (χ4v) is 2.85. The number of nitrogens with one attached hydrogen (secondary N) is 1. The van der Waals surface area contributed by atoms with Crippen molar-refractivity contribution in [2.24, 2.45) is 0 Å². The number of hydrogen-bond acceptors (Lipinski definition) is 3. The Morgan fingerprint density at radius 3 is 2.46 bits per heavy atom. The number of anilines is 1. The molecule has 0 aliphatic rings. The molecule has 0 fully saturated rings. The van der Waals surface area contributed by atoms with Gasteiger partial charge in [0.2, 0.25) is 0 Å². The lowest BCUT2D eigenvalue weighted by molar-refractivity contribution is -0.119. The predicted molar refractivity (Wildman–Crippen MR) is 94.5 cm³/mol. The van der Waals surface area contributed by atoms with Crippen LogP contribution in [0.1, 0.15) is 10.4 Å². The van der Waals surface area contributed by atoms with Gasteiger partial charge in [-0.15, -0.1) is 0 Å². The van der Waals surface area contributed by atoms with Crippen molar-refractivity contribution in [3.05, 3.63) is 61.3 Å². The molecule has 1 N–H and O–H groups in total. The number of benzene rings is 2. The number of carbonyl (C=O) groups is 2. The number of hydrogen-bond donors (Lipinski definition) is 1. The first-order chi connectivity index (χ1) is 11.3. The van der Waals surface area contributed by atoms with Crippen LogP contribution in [0.15, 0.2) is 34.8 Å². The molecule has 1 amide bonds. The van der Waals surface area contributed by atoms with Gasteiger partial charge in [0.15, 0.2) is 6.61 Å². The molecule has 0 radical (unpaired) electrons. The minimum Gasteiger partial charge on any atom is -0.452 e. The second kappa shape index (κ2) is 8.16. The SMILES string of the molecule is O=C(COC(=O)c1cc(F)c(Cl)cc1Cl)Nc1ccc(Br)cc1Cl. The minimum atomic E-state index is -0.951. The number of esters is 1. The maximum atomic E-state index is 13.4. The topological polar surface area (TPSA) is 55.4 Å². The van der Waals surface area contributed by atoms with Crippen molar-refractivity contribution in [3.8, 4) is 0 Å². The van der Waals surface area contributed by atoms with Crippen LogP contribution >= 0.6 is 50.7 Å². The zero-order chi connectivity index (χ0) is 17.9.